The standard InChI is InChI=1S/C15H33N3O2/c1-6-16(7-2)10-12-18(14-15(19)20-5)13-11-17(8-3)9-4/h6-14H2,1-5H3. The minimum atomic E-state index is -0.149. The average Bonchev–Trinajstić information content (AvgIpc) is 2.48. The summed E-state index contributed by atoms with van der Waals surface area (Å²) < 4.78 is 4.79. The lowest BCUT2D eigenvalue weighted by molar-refractivity contribution is -0.142. The van der Waals surface area contributed by atoms with Crippen molar-refractivity contribution in [3.8, 4) is 0 Å². The van der Waals surface area contributed by atoms with Crippen LogP contribution in [0, 0.1) is 0 Å². The van der Waals surface area contributed by atoms with E-state index in [1.165, 1.54) is 7.11 Å². The van der Waals surface area contributed by atoms with Crippen LogP contribution in [-0.2, 0) is 9.53 Å². The Hall–Kier alpha value is -0.650. The van der Waals surface area contributed by atoms with Gasteiger partial charge >= 0.3 is 5.97 Å². The van der Waals surface area contributed by atoms with E-state index in [0.717, 1.165) is 52.4 Å². The summed E-state index contributed by atoms with van der Waals surface area (Å²) in [5.74, 6) is -0.149. The molecule has 0 fully saturated rings. The Bertz CT molecular complexity index is 225. The van der Waals surface area contributed by atoms with Crippen molar-refractivity contribution in [2.75, 3.05) is 66.0 Å². The van der Waals surface area contributed by atoms with Gasteiger partial charge in [-0.25, -0.2) is 0 Å². The molecule has 20 heavy (non-hydrogen) atoms. The molecule has 0 saturated heterocycles. The van der Waals surface area contributed by atoms with Gasteiger partial charge in [0.1, 0.15) is 0 Å². The molecule has 0 N–H and O–H groups in total. The number of carbonyl (C=O) groups is 1. The second-order valence-corrected chi connectivity index (χ2v) is 4.91. The molecule has 0 unspecified atom stereocenters. The summed E-state index contributed by atoms with van der Waals surface area (Å²) in [5, 5.41) is 0. The first kappa shape index (κ1) is 19.4. The van der Waals surface area contributed by atoms with Gasteiger partial charge in [-0.05, 0) is 26.2 Å². The summed E-state index contributed by atoms with van der Waals surface area (Å²) in [5.41, 5.74) is 0. The molecule has 0 rings (SSSR count). The summed E-state index contributed by atoms with van der Waals surface area (Å²) in [6.45, 7) is 17.1. The molecule has 0 amide bonds. The highest BCUT2D eigenvalue weighted by molar-refractivity contribution is 5.71. The number of nitrogens with zero attached hydrogens (tertiary/aromatic N) is 3. The molecule has 5 heteroatoms. The Morgan fingerprint density at radius 2 is 1.10 bits per heavy atom. The monoisotopic (exact) mass is 287 g/mol. The largest absolute Gasteiger partial charge is 0.468 e. The second kappa shape index (κ2) is 12.1. The van der Waals surface area contributed by atoms with Gasteiger partial charge in [0.05, 0.1) is 13.7 Å². The first-order chi connectivity index (χ1) is 9.60. The van der Waals surface area contributed by atoms with Crippen LogP contribution in [0.3, 0.4) is 0 Å². The third-order valence-electron chi connectivity index (χ3n) is 3.83. The third kappa shape index (κ3) is 8.51. The van der Waals surface area contributed by atoms with Crippen LogP contribution in [0.2, 0.25) is 0 Å². The third-order valence-corrected chi connectivity index (χ3v) is 3.83. The Labute approximate surface area is 124 Å². The summed E-state index contributed by atoms with van der Waals surface area (Å²) in [6.07, 6.45) is 0. The van der Waals surface area contributed by atoms with E-state index in [1.54, 1.807) is 0 Å². The van der Waals surface area contributed by atoms with E-state index in [-0.39, 0.29) is 5.97 Å². The van der Waals surface area contributed by atoms with Crippen molar-refractivity contribution < 1.29 is 9.53 Å². The maximum atomic E-state index is 11.5. The first-order valence-electron chi connectivity index (χ1n) is 7.84. The lowest BCUT2D eigenvalue weighted by atomic mass is 10.3. The van der Waals surface area contributed by atoms with Crippen LogP contribution >= 0.6 is 0 Å². The predicted octanol–water partition coefficient (Wildman–Crippen LogP) is 1.15. The summed E-state index contributed by atoms with van der Waals surface area (Å²) in [6, 6.07) is 0. The summed E-state index contributed by atoms with van der Waals surface area (Å²) in [7, 11) is 1.45. The van der Waals surface area contributed by atoms with Crippen molar-refractivity contribution in [2.45, 2.75) is 27.7 Å². The van der Waals surface area contributed by atoms with Crippen molar-refractivity contribution in [2.24, 2.45) is 0 Å². The van der Waals surface area contributed by atoms with Crippen LogP contribution in [0.15, 0.2) is 0 Å². The summed E-state index contributed by atoms with van der Waals surface area (Å²) >= 11 is 0. The number of hydrogen-bond acceptors (Lipinski definition) is 5. The predicted molar refractivity (Wildman–Crippen MR) is 84.0 cm³/mol. The van der Waals surface area contributed by atoms with Crippen molar-refractivity contribution >= 4 is 5.97 Å². The molecular weight excluding hydrogens is 254 g/mol. The van der Waals surface area contributed by atoms with Crippen molar-refractivity contribution in [1.29, 1.82) is 0 Å². The van der Waals surface area contributed by atoms with Crippen LogP contribution in [-0.4, -0.2) is 86.7 Å². The molecule has 0 bridgehead atoms. The lowest BCUT2D eigenvalue weighted by Gasteiger charge is -2.27. The van der Waals surface area contributed by atoms with E-state index in [2.05, 4.69) is 42.4 Å². The van der Waals surface area contributed by atoms with Gasteiger partial charge in [0.25, 0.3) is 0 Å². The van der Waals surface area contributed by atoms with Crippen molar-refractivity contribution in [1.82, 2.24) is 14.7 Å². The number of likely N-dealkylation sites (N-methyl/N-ethyl adjacent to an activating group) is 2. The Morgan fingerprint density at radius 3 is 1.40 bits per heavy atom. The molecule has 0 aliphatic rings. The van der Waals surface area contributed by atoms with Gasteiger partial charge in [0.15, 0.2) is 0 Å². The molecule has 0 aromatic carbocycles. The Balaban J connectivity index is 4.29. The van der Waals surface area contributed by atoms with Gasteiger partial charge in [-0.3, -0.25) is 9.69 Å². The number of hydrogen-bond donors (Lipinski definition) is 0. The van der Waals surface area contributed by atoms with Crippen LogP contribution in [0.1, 0.15) is 27.7 Å². The van der Waals surface area contributed by atoms with Gasteiger partial charge in [0.2, 0.25) is 0 Å². The van der Waals surface area contributed by atoms with Gasteiger partial charge in [0, 0.05) is 26.2 Å². The van der Waals surface area contributed by atoms with Gasteiger partial charge in [-0.15, -0.1) is 0 Å². The van der Waals surface area contributed by atoms with Gasteiger partial charge in [-0.1, -0.05) is 27.7 Å². The number of methoxy groups -OCH3 is 1. The summed E-state index contributed by atoms with van der Waals surface area (Å²) in [4.78, 5) is 18.4. The maximum absolute atomic E-state index is 11.5. The highest BCUT2D eigenvalue weighted by Crippen LogP contribution is 1.96. The van der Waals surface area contributed by atoms with E-state index in [0.29, 0.717) is 6.54 Å². The SMILES string of the molecule is CCN(CC)CCN(CCN(CC)CC)CC(=O)OC. The molecule has 0 heterocycles. The van der Waals surface area contributed by atoms with Crippen LogP contribution in [0.4, 0.5) is 0 Å². The Morgan fingerprint density at radius 1 is 0.750 bits per heavy atom. The average molecular weight is 287 g/mol. The lowest BCUT2D eigenvalue weighted by Crippen LogP contribution is -2.42. The smallest absolute Gasteiger partial charge is 0.319 e. The van der Waals surface area contributed by atoms with E-state index < -0.39 is 0 Å². The zero-order valence-electron chi connectivity index (χ0n) is 14.0. The van der Waals surface area contributed by atoms with E-state index in [1.807, 2.05) is 0 Å². The fraction of sp³-hybridized carbons (Fsp3) is 0.933. The molecule has 0 aliphatic carbocycles. The molecule has 120 valence electrons. The van der Waals surface area contributed by atoms with Gasteiger partial charge < -0.3 is 14.5 Å². The van der Waals surface area contributed by atoms with E-state index in [9.17, 15) is 4.79 Å². The molecule has 0 aromatic rings. The number of ether oxygens (including phenoxy) is 1. The van der Waals surface area contributed by atoms with E-state index >= 15 is 0 Å². The highest BCUT2D eigenvalue weighted by Gasteiger charge is 2.13. The zero-order chi connectivity index (χ0) is 15.4. The molecule has 0 saturated carbocycles. The molecule has 0 aliphatic heterocycles. The topological polar surface area (TPSA) is 36.0 Å². The molecule has 0 aromatic heterocycles. The molecular formula is C15H33N3O2. The fourth-order valence-electron chi connectivity index (χ4n) is 2.16. The second-order valence-electron chi connectivity index (χ2n) is 4.91. The minimum absolute atomic E-state index is 0.149. The van der Waals surface area contributed by atoms with Crippen LogP contribution < -0.4 is 0 Å². The van der Waals surface area contributed by atoms with Crippen LogP contribution in [0.25, 0.3) is 0 Å². The molecule has 5 nitrogen and oxygen atoms in total. The van der Waals surface area contributed by atoms with Crippen molar-refractivity contribution in [3.05, 3.63) is 0 Å². The Kier molecular flexibility index (Phi) is 11.7. The van der Waals surface area contributed by atoms with Crippen molar-refractivity contribution in [3.63, 3.8) is 0 Å². The van der Waals surface area contributed by atoms with Gasteiger partial charge in [-0.2, -0.15) is 0 Å². The van der Waals surface area contributed by atoms with E-state index in [4.69, 9.17) is 4.74 Å². The highest BCUT2D eigenvalue weighted by atomic mass is 16.5. The number of esters is 1. The molecule has 0 radical (unpaired) electrons. The number of rotatable bonds is 12. The number of carbonyl (C=O) groups excluding carboxylic acids is 1. The minimum Gasteiger partial charge on any atom is -0.468 e. The normalized spacial score (nSPS) is 11.6. The quantitative estimate of drug-likeness (QED) is 0.503. The first-order valence-corrected chi connectivity index (χ1v) is 7.84. The molecule has 0 spiro atoms. The van der Waals surface area contributed by atoms with Crippen LogP contribution in [0.5, 0.6) is 0 Å². The zero-order valence-corrected chi connectivity index (χ0v) is 14.0. The fourth-order valence-corrected chi connectivity index (χ4v) is 2.16. The molecule has 0 atom stereocenters. The maximum Gasteiger partial charge on any atom is 0.319 e.